The van der Waals surface area contributed by atoms with Crippen LogP contribution in [-0.2, 0) is 16.0 Å². The van der Waals surface area contributed by atoms with Crippen molar-refractivity contribution >= 4 is 28.5 Å². The van der Waals surface area contributed by atoms with Crippen molar-refractivity contribution in [3.63, 3.8) is 0 Å². The van der Waals surface area contributed by atoms with Gasteiger partial charge in [-0.05, 0) is 28.7 Å². The average molecular weight is 246 g/mol. The number of hydrogen-bond acceptors (Lipinski definition) is 3. The predicted molar refractivity (Wildman–Crippen MR) is 71.4 cm³/mol. The van der Waals surface area contributed by atoms with Crippen LogP contribution in [0, 0.1) is 0 Å². The zero-order valence-corrected chi connectivity index (χ0v) is 10.7. The molecule has 0 aliphatic rings. The van der Waals surface area contributed by atoms with Crippen molar-refractivity contribution in [2.45, 2.75) is 11.3 Å². The molecule has 2 rings (SSSR count). The Hall–Kier alpha value is -1.48. The number of esters is 1. The molecule has 0 unspecified atom stereocenters. The molecule has 0 heterocycles. The smallest absolute Gasteiger partial charge is 0.309 e. The normalized spacial score (nSPS) is 10.5. The molecule has 0 N–H and O–H groups in total. The van der Waals surface area contributed by atoms with E-state index in [1.165, 1.54) is 22.8 Å². The number of thioether (sulfide) groups is 1. The molecule has 0 spiro atoms. The van der Waals surface area contributed by atoms with Gasteiger partial charge in [-0.25, -0.2) is 0 Å². The average Bonchev–Trinajstić information content (AvgIpc) is 2.37. The summed E-state index contributed by atoms with van der Waals surface area (Å²) in [7, 11) is 1.42. The maximum absolute atomic E-state index is 11.3. The second-order valence-corrected chi connectivity index (χ2v) is 4.62. The van der Waals surface area contributed by atoms with E-state index in [1.54, 1.807) is 11.8 Å². The fourth-order valence-electron chi connectivity index (χ4n) is 1.84. The van der Waals surface area contributed by atoms with E-state index in [4.69, 9.17) is 4.74 Å². The number of rotatable bonds is 3. The lowest BCUT2D eigenvalue weighted by Gasteiger charge is -2.07. The SMILES string of the molecule is COC(=O)Cc1cc(SC)c2ccccc2c1. The van der Waals surface area contributed by atoms with Gasteiger partial charge in [-0.1, -0.05) is 30.3 Å². The summed E-state index contributed by atoms with van der Waals surface area (Å²) in [5.74, 6) is -0.202. The molecule has 0 fully saturated rings. The van der Waals surface area contributed by atoms with Crippen LogP contribution < -0.4 is 0 Å². The lowest BCUT2D eigenvalue weighted by Crippen LogP contribution is -2.04. The third-order valence-corrected chi connectivity index (χ3v) is 3.46. The van der Waals surface area contributed by atoms with Crippen LogP contribution in [0.3, 0.4) is 0 Å². The van der Waals surface area contributed by atoms with Crippen molar-refractivity contribution in [3.05, 3.63) is 42.0 Å². The van der Waals surface area contributed by atoms with Crippen LogP contribution in [0.5, 0.6) is 0 Å². The third kappa shape index (κ3) is 2.61. The highest BCUT2D eigenvalue weighted by atomic mass is 32.2. The maximum Gasteiger partial charge on any atom is 0.309 e. The van der Waals surface area contributed by atoms with E-state index in [0.29, 0.717) is 6.42 Å². The summed E-state index contributed by atoms with van der Waals surface area (Å²) in [6.45, 7) is 0. The molecule has 0 bridgehead atoms. The van der Waals surface area contributed by atoms with E-state index in [9.17, 15) is 4.79 Å². The largest absolute Gasteiger partial charge is 0.469 e. The molecular weight excluding hydrogens is 232 g/mol. The molecule has 0 aliphatic carbocycles. The molecule has 0 aromatic heterocycles. The van der Waals surface area contributed by atoms with Gasteiger partial charge in [-0.3, -0.25) is 4.79 Å². The van der Waals surface area contributed by atoms with E-state index in [0.717, 1.165) is 5.56 Å². The van der Waals surface area contributed by atoms with Gasteiger partial charge in [-0.2, -0.15) is 0 Å². The molecule has 88 valence electrons. The fourth-order valence-corrected chi connectivity index (χ4v) is 2.52. The van der Waals surface area contributed by atoms with Crippen LogP contribution in [0.1, 0.15) is 5.56 Å². The summed E-state index contributed by atoms with van der Waals surface area (Å²) in [6.07, 6.45) is 2.37. The van der Waals surface area contributed by atoms with Crippen molar-refractivity contribution in [1.82, 2.24) is 0 Å². The van der Waals surface area contributed by atoms with Gasteiger partial charge in [0.15, 0.2) is 0 Å². The number of carbonyl (C=O) groups is 1. The molecule has 2 aromatic rings. The Labute approximate surface area is 105 Å². The summed E-state index contributed by atoms with van der Waals surface area (Å²) < 4.78 is 4.69. The Balaban J connectivity index is 2.48. The molecule has 0 aliphatic heterocycles. The Bertz CT molecular complexity index is 549. The lowest BCUT2D eigenvalue weighted by atomic mass is 10.1. The first-order chi connectivity index (χ1) is 8.24. The highest BCUT2D eigenvalue weighted by Crippen LogP contribution is 2.28. The van der Waals surface area contributed by atoms with Gasteiger partial charge in [0.25, 0.3) is 0 Å². The van der Waals surface area contributed by atoms with E-state index in [1.807, 2.05) is 24.5 Å². The van der Waals surface area contributed by atoms with Crippen molar-refractivity contribution in [1.29, 1.82) is 0 Å². The number of carbonyl (C=O) groups excluding carboxylic acids is 1. The zero-order valence-electron chi connectivity index (χ0n) is 9.90. The standard InChI is InChI=1S/C14H14O2S/c1-16-14(15)9-10-7-11-5-3-4-6-12(11)13(8-10)17-2/h3-8H,9H2,1-2H3. The summed E-state index contributed by atoms with van der Waals surface area (Å²) in [6, 6.07) is 12.3. The van der Waals surface area contributed by atoms with Crippen LogP contribution >= 0.6 is 11.8 Å². The first kappa shape index (κ1) is 12.0. The van der Waals surface area contributed by atoms with Crippen molar-refractivity contribution in [2.24, 2.45) is 0 Å². The van der Waals surface area contributed by atoms with Crippen LogP contribution in [0.4, 0.5) is 0 Å². The number of hydrogen-bond donors (Lipinski definition) is 0. The number of methoxy groups -OCH3 is 1. The molecule has 0 atom stereocenters. The van der Waals surface area contributed by atoms with Crippen LogP contribution in [0.15, 0.2) is 41.3 Å². The molecule has 3 heteroatoms. The summed E-state index contributed by atoms with van der Waals surface area (Å²) >= 11 is 1.70. The van der Waals surface area contributed by atoms with Crippen LogP contribution in [0.25, 0.3) is 10.8 Å². The Morgan fingerprint density at radius 3 is 2.76 bits per heavy atom. The van der Waals surface area contributed by atoms with Crippen molar-refractivity contribution < 1.29 is 9.53 Å². The molecule has 2 nitrogen and oxygen atoms in total. The van der Waals surface area contributed by atoms with E-state index < -0.39 is 0 Å². The first-order valence-corrected chi connectivity index (χ1v) is 6.59. The van der Waals surface area contributed by atoms with E-state index in [-0.39, 0.29) is 5.97 Å². The molecule has 0 saturated carbocycles. The van der Waals surface area contributed by atoms with Gasteiger partial charge >= 0.3 is 5.97 Å². The molecular formula is C14H14O2S. The van der Waals surface area contributed by atoms with E-state index in [2.05, 4.69) is 18.2 Å². The van der Waals surface area contributed by atoms with Gasteiger partial charge in [0.2, 0.25) is 0 Å². The first-order valence-electron chi connectivity index (χ1n) is 5.37. The van der Waals surface area contributed by atoms with Crippen molar-refractivity contribution in [2.75, 3.05) is 13.4 Å². The minimum Gasteiger partial charge on any atom is -0.469 e. The van der Waals surface area contributed by atoms with Gasteiger partial charge in [0.05, 0.1) is 13.5 Å². The molecule has 2 aromatic carbocycles. The molecule has 0 amide bonds. The van der Waals surface area contributed by atoms with Crippen LogP contribution in [0.2, 0.25) is 0 Å². The second kappa shape index (κ2) is 5.23. The highest BCUT2D eigenvalue weighted by Gasteiger charge is 2.07. The second-order valence-electron chi connectivity index (χ2n) is 3.77. The maximum atomic E-state index is 11.3. The minimum atomic E-state index is -0.202. The van der Waals surface area contributed by atoms with E-state index >= 15 is 0 Å². The summed E-state index contributed by atoms with van der Waals surface area (Å²) in [5, 5.41) is 2.40. The Kier molecular flexibility index (Phi) is 3.69. The number of fused-ring (bicyclic) bond motifs is 1. The Morgan fingerprint density at radius 1 is 1.29 bits per heavy atom. The van der Waals surface area contributed by atoms with Gasteiger partial charge < -0.3 is 4.74 Å². The minimum absolute atomic E-state index is 0.202. The molecule has 17 heavy (non-hydrogen) atoms. The third-order valence-electron chi connectivity index (χ3n) is 2.68. The Morgan fingerprint density at radius 2 is 2.06 bits per heavy atom. The molecule has 0 saturated heterocycles. The number of benzene rings is 2. The van der Waals surface area contributed by atoms with Gasteiger partial charge in [0.1, 0.15) is 0 Å². The predicted octanol–water partition coefficient (Wildman–Crippen LogP) is 3.28. The monoisotopic (exact) mass is 246 g/mol. The molecule has 0 radical (unpaired) electrons. The zero-order chi connectivity index (χ0) is 12.3. The van der Waals surface area contributed by atoms with Crippen LogP contribution in [-0.4, -0.2) is 19.3 Å². The summed E-state index contributed by atoms with van der Waals surface area (Å²) in [5.41, 5.74) is 1.000. The lowest BCUT2D eigenvalue weighted by molar-refractivity contribution is -0.139. The van der Waals surface area contributed by atoms with Gasteiger partial charge in [-0.15, -0.1) is 11.8 Å². The quantitative estimate of drug-likeness (QED) is 0.614. The highest BCUT2D eigenvalue weighted by molar-refractivity contribution is 7.98. The number of ether oxygens (including phenoxy) is 1. The van der Waals surface area contributed by atoms with Gasteiger partial charge in [0, 0.05) is 4.90 Å². The topological polar surface area (TPSA) is 26.3 Å². The fraction of sp³-hybridized carbons (Fsp3) is 0.214. The van der Waals surface area contributed by atoms with Crippen molar-refractivity contribution in [3.8, 4) is 0 Å². The summed E-state index contributed by atoms with van der Waals surface area (Å²) in [4.78, 5) is 12.5.